The molecule has 0 bridgehead atoms. The van der Waals surface area contributed by atoms with E-state index in [0.717, 1.165) is 11.3 Å². The molecule has 0 spiro atoms. The van der Waals surface area contributed by atoms with E-state index in [0.29, 0.717) is 11.3 Å². The molecule has 0 aromatic carbocycles. The van der Waals surface area contributed by atoms with Crippen LogP contribution in [-0.4, -0.2) is 19.6 Å². The summed E-state index contributed by atoms with van der Waals surface area (Å²) in [7, 11) is 0. The van der Waals surface area contributed by atoms with Gasteiger partial charge in [-0.3, -0.25) is 14.9 Å². The molecule has 0 unspecified atom stereocenters. The molecule has 0 radical (unpaired) electrons. The van der Waals surface area contributed by atoms with Crippen LogP contribution < -0.4 is 5.56 Å². The molecule has 0 saturated heterocycles. The fourth-order valence-corrected chi connectivity index (χ4v) is 1.81. The number of aromatic nitrogens is 4. The Bertz CT molecular complexity index is 727. The average molecular weight is 226 g/mol. The van der Waals surface area contributed by atoms with E-state index in [9.17, 15) is 4.79 Å². The maximum atomic E-state index is 11.7. The number of H-pyrrole nitrogens is 1. The summed E-state index contributed by atoms with van der Waals surface area (Å²) in [6.07, 6.45) is 3.46. The van der Waals surface area contributed by atoms with Crippen LogP contribution in [0.2, 0.25) is 0 Å². The SMILES string of the molecule is Cc1cc(=O)n2[nH]cc(-c3ccccn3)c2n1. The number of pyridine rings is 1. The molecule has 3 aromatic heterocycles. The first-order valence-corrected chi connectivity index (χ1v) is 5.25. The van der Waals surface area contributed by atoms with Crippen LogP contribution in [0.4, 0.5) is 0 Å². The Morgan fingerprint density at radius 3 is 3.00 bits per heavy atom. The smallest absolute Gasteiger partial charge is 0.272 e. The van der Waals surface area contributed by atoms with E-state index in [1.807, 2.05) is 18.2 Å². The van der Waals surface area contributed by atoms with E-state index in [4.69, 9.17) is 0 Å². The van der Waals surface area contributed by atoms with Crippen molar-refractivity contribution >= 4 is 5.65 Å². The second kappa shape index (κ2) is 3.55. The molecule has 0 aliphatic carbocycles. The van der Waals surface area contributed by atoms with Gasteiger partial charge in [-0.05, 0) is 19.1 Å². The van der Waals surface area contributed by atoms with Gasteiger partial charge in [0.1, 0.15) is 0 Å². The summed E-state index contributed by atoms with van der Waals surface area (Å²) in [5.41, 5.74) is 2.81. The molecular formula is C12H10N4O. The molecule has 84 valence electrons. The van der Waals surface area contributed by atoms with Crippen LogP contribution >= 0.6 is 0 Å². The summed E-state index contributed by atoms with van der Waals surface area (Å²) in [5.74, 6) is 0. The maximum Gasteiger partial charge on any atom is 0.272 e. The second-order valence-corrected chi connectivity index (χ2v) is 3.80. The Hall–Kier alpha value is -2.43. The van der Waals surface area contributed by atoms with E-state index in [2.05, 4.69) is 15.1 Å². The number of fused-ring (bicyclic) bond motifs is 1. The zero-order valence-electron chi connectivity index (χ0n) is 9.21. The van der Waals surface area contributed by atoms with Crippen molar-refractivity contribution in [2.24, 2.45) is 0 Å². The van der Waals surface area contributed by atoms with Gasteiger partial charge >= 0.3 is 0 Å². The molecule has 0 amide bonds. The summed E-state index contributed by atoms with van der Waals surface area (Å²) in [5, 5.41) is 2.88. The first kappa shape index (κ1) is 9.77. The quantitative estimate of drug-likeness (QED) is 0.682. The van der Waals surface area contributed by atoms with Crippen molar-refractivity contribution in [3.05, 3.63) is 52.7 Å². The molecule has 0 atom stereocenters. The molecule has 5 nitrogen and oxygen atoms in total. The van der Waals surface area contributed by atoms with Gasteiger partial charge in [-0.25, -0.2) is 9.50 Å². The Kier molecular flexibility index (Phi) is 2.04. The van der Waals surface area contributed by atoms with Crippen molar-refractivity contribution < 1.29 is 0 Å². The fourth-order valence-electron chi connectivity index (χ4n) is 1.81. The van der Waals surface area contributed by atoms with Gasteiger partial charge < -0.3 is 0 Å². The Morgan fingerprint density at radius 2 is 2.24 bits per heavy atom. The third-order valence-electron chi connectivity index (χ3n) is 2.57. The number of hydrogen-bond donors (Lipinski definition) is 1. The number of nitrogens with one attached hydrogen (secondary N) is 1. The van der Waals surface area contributed by atoms with E-state index < -0.39 is 0 Å². The van der Waals surface area contributed by atoms with Gasteiger partial charge in [-0.1, -0.05) is 6.07 Å². The van der Waals surface area contributed by atoms with Crippen LogP contribution in [0.25, 0.3) is 16.9 Å². The fraction of sp³-hybridized carbons (Fsp3) is 0.0833. The lowest BCUT2D eigenvalue weighted by atomic mass is 10.2. The zero-order chi connectivity index (χ0) is 11.8. The van der Waals surface area contributed by atoms with E-state index in [1.165, 1.54) is 10.6 Å². The minimum absolute atomic E-state index is 0.116. The number of rotatable bonds is 1. The highest BCUT2D eigenvalue weighted by molar-refractivity contribution is 5.74. The van der Waals surface area contributed by atoms with E-state index >= 15 is 0 Å². The third kappa shape index (κ3) is 1.52. The molecular weight excluding hydrogens is 216 g/mol. The summed E-state index contributed by atoms with van der Waals surface area (Å²) < 4.78 is 1.41. The van der Waals surface area contributed by atoms with Gasteiger partial charge in [0.25, 0.3) is 5.56 Å². The molecule has 3 heterocycles. The van der Waals surface area contributed by atoms with Crippen LogP contribution in [0.3, 0.4) is 0 Å². The van der Waals surface area contributed by atoms with Gasteiger partial charge in [0.05, 0.1) is 11.3 Å². The standard InChI is InChI=1S/C12H10N4O/c1-8-6-11(17)16-12(15-8)9(7-14-16)10-4-2-3-5-13-10/h2-7,14H,1H3. The molecule has 0 saturated carbocycles. The van der Waals surface area contributed by atoms with E-state index in [-0.39, 0.29) is 5.56 Å². The highest BCUT2D eigenvalue weighted by Crippen LogP contribution is 2.19. The predicted molar refractivity (Wildman–Crippen MR) is 63.8 cm³/mol. The van der Waals surface area contributed by atoms with Crippen LogP contribution in [0, 0.1) is 6.92 Å². The highest BCUT2D eigenvalue weighted by Gasteiger charge is 2.09. The third-order valence-corrected chi connectivity index (χ3v) is 2.57. The molecule has 0 aliphatic heterocycles. The predicted octanol–water partition coefficient (Wildman–Crippen LogP) is 1.39. The average Bonchev–Trinajstić information content (AvgIpc) is 2.74. The Balaban J connectivity index is 2.36. The molecule has 0 fully saturated rings. The number of nitrogens with zero attached hydrogens (tertiary/aromatic N) is 3. The highest BCUT2D eigenvalue weighted by atomic mass is 16.1. The lowest BCUT2D eigenvalue weighted by Crippen LogP contribution is -2.14. The van der Waals surface area contributed by atoms with Gasteiger partial charge in [0.2, 0.25) is 0 Å². The van der Waals surface area contributed by atoms with Crippen LogP contribution in [0.5, 0.6) is 0 Å². The minimum Gasteiger partial charge on any atom is -0.296 e. The minimum atomic E-state index is -0.116. The zero-order valence-corrected chi connectivity index (χ0v) is 9.21. The molecule has 5 heteroatoms. The molecule has 1 N–H and O–H groups in total. The van der Waals surface area contributed by atoms with Gasteiger partial charge in [0, 0.05) is 24.2 Å². The first-order chi connectivity index (χ1) is 8.25. The van der Waals surface area contributed by atoms with Gasteiger partial charge in [-0.15, -0.1) is 0 Å². The van der Waals surface area contributed by atoms with Crippen molar-refractivity contribution in [2.45, 2.75) is 6.92 Å². The van der Waals surface area contributed by atoms with Crippen LogP contribution in [0.1, 0.15) is 5.69 Å². The normalized spacial score (nSPS) is 10.9. The summed E-state index contributed by atoms with van der Waals surface area (Å²) in [6, 6.07) is 7.13. The largest absolute Gasteiger partial charge is 0.296 e. The first-order valence-electron chi connectivity index (χ1n) is 5.25. The topological polar surface area (TPSA) is 63.0 Å². The summed E-state index contributed by atoms with van der Waals surface area (Å²) in [4.78, 5) is 20.3. The second-order valence-electron chi connectivity index (χ2n) is 3.80. The number of hydrogen-bond acceptors (Lipinski definition) is 3. The molecule has 3 rings (SSSR count). The van der Waals surface area contributed by atoms with Gasteiger partial charge in [-0.2, -0.15) is 0 Å². The Labute approximate surface area is 96.8 Å². The van der Waals surface area contributed by atoms with Crippen molar-refractivity contribution in [3.63, 3.8) is 0 Å². The molecule has 17 heavy (non-hydrogen) atoms. The monoisotopic (exact) mass is 226 g/mol. The van der Waals surface area contributed by atoms with Crippen molar-refractivity contribution in [1.29, 1.82) is 0 Å². The van der Waals surface area contributed by atoms with Crippen molar-refractivity contribution in [2.75, 3.05) is 0 Å². The summed E-state index contributed by atoms with van der Waals surface area (Å²) in [6.45, 7) is 1.80. The van der Waals surface area contributed by atoms with Gasteiger partial charge in [0.15, 0.2) is 5.65 Å². The molecule has 0 aliphatic rings. The van der Waals surface area contributed by atoms with Crippen molar-refractivity contribution in [3.8, 4) is 11.3 Å². The number of aromatic amines is 1. The lowest BCUT2D eigenvalue weighted by molar-refractivity contribution is 0.890. The van der Waals surface area contributed by atoms with E-state index in [1.54, 1.807) is 19.3 Å². The lowest BCUT2D eigenvalue weighted by Gasteiger charge is -1.98. The summed E-state index contributed by atoms with van der Waals surface area (Å²) >= 11 is 0. The maximum absolute atomic E-state index is 11.7. The van der Waals surface area contributed by atoms with Crippen LogP contribution in [0.15, 0.2) is 41.5 Å². The number of aryl methyl sites for hydroxylation is 1. The molecule has 3 aromatic rings. The van der Waals surface area contributed by atoms with Crippen molar-refractivity contribution in [1.82, 2.24) is 19.6 Å². The van der Waals surface area contributed by atoms with Crippen LogP contribution in [-0.2, 0) is 0 Å². The Morgan fingerprint density at radius 1 is 1.35 bits per heavy atom.